The first kappa shape index (κ1) is 26.8. The molecular weight excluding hydrogens is 452 g/mol. The fraction of sp³-hybridized carbons (Fsp3) is 0.731. The van der Waals surface area contributed by atoms with E-state index in [0.717, 1.165) is 6.42 Å². The summed E-state index contributed by atoms with van der Waals surface area (Å²) in [6.45, 7) is 17.7. The predicted molar refractivity (Wildman–Crippen MR) is 134 cm³/mol. The summed E-state index contributed by atoms with van der Waals surface area (Å²) in [4.78, 5) is 44.9. The van der Waals surface area contributed by atoms with Crippen molar-refractivity contribution in [2.45, 2.75) is 75.6 Å². The normalized spacial score (nSPS) is 32.8. The zero-order chi connectivity index (χ0) is 25.4. The van der Waals surface area contributed by atoms with E-state index in [-0.39, 0.29) is 54.1 Å². The van der Waals surface area contributed by atoms with Crippen molar-refractivity contribution < 1.29 is 24.2 Å². The number of likely N-dealkylation sites (tertiary alicyclic amines) is 1. The largest absolute Gasteiger partial charge is 0.465 e. The number of carbonyl (C=O) groups excluding carboxylic acids is 3. The summed E-state index contributed by atoms with van der Waals surface area (Å²) in [6, 6.07) is -1.34. The maximum atomic E-state index is 14.2. The summed E-state index contributed by atoms with van der Waals surface area (Å²) in [5, 5.41) is 10.2. The molecule has 3 heterocycles. The first-order valence-corrected chi connectivity index (χ1v) is 13.3. The Morgan fingerprint density at radius 2 is 1.97 bits per heavy atom. The Labute approximate surface area is 208 Å². The zero-order valence-corrected chi connectivity index (χ0v) is 21.9. The maximum absolute atomic E-state index is 14.2. The minimum atomic E-state index is -0.747. The van der Waals surface area contributed by atoms with Gasteiger partial charge < -0.3 is 19.6 Å². The van der Waals surface area contributed by atoms with Gasteiger partial charge in [0.25, 0.3) is 0 Å². The van der Waals surface area contributed by atoms with E-state index in [2.05, 4.69) is 20.1 Å². The molecule has 8 heteroatoms. The van der Waals surface area contributed by atoms with Gasteiger partial charge in [-0.15, -0.1) is 24.9 Å². The molecule has 0 aromatic heterocycles. The van der Waals surface area contributed by atoms with E-state index in [1.54, 1.807) is 33.7 Å². The fourth-order valence-corrected chi connectivity index (χ4v) is 8.57. The molecule has 2 amide bonds. The van der Waals surface area contributed by atoms with Gasteiger partial charge in [0.05, 0.1) is 35.8 Å². The number of fused-ring (bicyclic) bond motifs is 1. The highest BCUT2D eigenvalue weighted by Crippen LogP contribution is 2.69. The highest BCUT2D eigenvalue weighted by atomic mass is 32.2. The molecular formula is C26H40N2O5S. The molecule has 0 aromatic carbocycles. The van der Waals surface area contributed by atoms with E-state index in [9.17, 15) is 19.5 Å². The fourth-order valence-electron chi connectivity index (χ4n) is 6.18. The number of rotatable bonds is 11. The van der Waals surface area contributed by atoms with Gasteiger partial charge in [0.2, 0.25) is 11.8 Å². The maximum Gasteiger partial charge on any atom is 0.310 e. The lowest BCUT2D eigenvalue weighted by Gasteiger charge is -2.43. The number of aliphatic hydroxyl groups excluding tert-OH is 1. The number of nitrogens with zero attached hydrogens (tertiary/aromatic N) is 2. The second-order valence-corrected chi connectivity index (χ2v) is 12.0. The summed E-state index contributed by atoms with van der Waals surface area (Å²) in [7, 11) is 0. The first-order chi connectivity index (χ1) is 16.1. The van der Waals surface area contributed by atoms with Crippen molar-refractivity contribution in [1.82, 2.24) is 9.80 Å². The average molecular weight is 493 g/mol. The summed E-state index contributed by atoms with van der Waals surface area (Å²) in [6.07, 6.45) is 4.69. The number of ether oxygens (including phenoxy) is 1. The Morgan fingerprint density at radius 1 is 1.29 bits per heavy atom. The monoisotopic (exact) mass is 492 g/mol. The lowest BCUT2D eigenvalue weighted by molar-refractivity contribution is -0.155. The molecule has 2 bridgehead atoms. The van der Waals surface area contributed by atoms with E-state index in [1.807, 2.05) is 27.7 Å². The first-order valence-electron chi connectivity index (χ1n) is 12.4. The van der Waals surface area contributed by atoms with Crippen LogP contribution in [0.1, 0.15) is 47.5 Å². The molecule has 190 valence electrons. The van der Waals surface area contributed by atoms with E-state index in [4.69, 9.17) is 4.74 Å². The highest BCUT2D eigenvalue weighted by Gasteiger charge is 2.77. The Hall–Kier alpha value is -1.80. The van der Waals surface area contributed by atoms with Gasteiger partial charge in [-0.3, -0.25) is 14.4 Å². The highest BCUT2D eigenvalue weighted by molar-refractivity contribution is 8.02. The number of thioether (sulfide) groups is 1. The van der Waals surface area contributed by atoms with Gasteiger partial charge in [0, 0.05) is 17.8 Å². The predicted octanol–water partition coefficient (Wildman–Crippen LogP) is 2.88. The molecule has 0 aliphatic carbocycles. The molecule has 3 saturated heterocycles. The number of aliphatic hydroxyl groups is 1. The van der Waals surface area contributed by atoms with Crippen LogP contribution in [-0.4, -0.2) is 80.6 Å². The minimum absolute atomic E-state index is 0.0538. The van der Waals surface area contributed by atoms with Crippen LogP contribution in [-0.2, 0) is 19.1 Å². The summed E-state index contributed by atoms with van der Waals surface area (Å²) in [5.41, 5.74) is 0. The SMILES string of the molecule is C=CCCOC(=O)[C@@H]1[C@@H]2CC(C)C3(S2)C(C(=O)N(CC=C)C(C)C)N([C@@H](CO)C(C)C)C(=O)[C@H]13. The molecule has 1 spiro atoms. The van der Waals surface area contributed by atoms with Gasteiger partial charge in [-0.05, 0) is 38.5 Å². The van der Waals surface area contributed by atoms with E-state index in [0.29, 0.717) is 13.0 Å². The van der Waals surface area contributed by atoms with Crippen molar-refractivity contribution in [2.75, 3.05) is 19.8 Å². The topological polar surface area (TPSA) is 87.2 Å². The second kappa shape index (κ2) is 10.4. The molecule has 0 aromatic rings. The van der Waals surface area contributed by atoms with Gasteiger partial charge >= 0.3 is 5.97 Å². The number of esters is 1. The summed E-state index contributed by atoms with van der Waals surface area (Å²) in [5.74, 6) is -1.92. The number of hydrogen-bond acceptors (Lipinski definition) is 6. The van der Waals surface area contributed by atoms with Crippen LogP contribution >= 0.6 is 11.8 Å². The van der Waals surface area contributed by atoms with Gasteiger partial charge in [-0.1, -0.05) is 32.9 Å². The van der Waals surface area contributed by atoms with Crippen LogP contribution in [0.15, 0.2) is 25.3 Å². The molecule has 3 rings (SSSR count). The summed E-state index contributed by atoms with van der Waals surface area (Å²) >= 11 is 1.63. The zero-order valence-electron chi connectivity index (χ0n) is 21.1. The minimum Gasteiger partial charge on any atom is -0.465 e. The van der Waals surface area contributed by atoms with Crippen LogP contribution in [0.3, 0.4) is 0 Å². The molecule has 3 fully saturated rings. The van der Waals surface area contributed by atoms with Crippen molar-refractivity contribution in [3.05, 3.63) is 25.3 Å². The van der Waals surface area contributed by atoms with Crippen LogP contribution in [0.4, 0.5) is 0 Å². The van der Waals surface area contributed by atoms with Crippen LogP contribution in [0, 0.1) is 23.7 Å². The molecule has 1 N–H and O–H groups in total. The molecule has 0 radical (unpaired) electrons. The van der Waals surface area contributed by atoms with Gasteiger partial charge in [-0.2, -0.15) is 0 Å². The third-order valence-corrected chi connectivity index (χ3v) is 9.88. The molecule has 7 nitrogen and oxygen atoms in total. The molecule has 3 aliphatic rings. The Morgan fingerprint density at radius 3 is 2.50 bits per heavy atom. The number of carbonyl (C=O) groups is 3. The molecule has 3 aliphatic heterocycles. The third kappa shape index (κ3) is 4.11. The Kier molecular flexibility index (Phi) is 8.23. The molecule has 34 heavy (non-hydrogen) atoms. The van der Waals surface area contributed by atoms with Gasteiger partial charge in [0.1, 0.15) is 6.04 Å². The van der Waals surface area contributed by atoms with E-state index < -0.39 is 28.7 Å². The Bertz CT molecular complexity index is 830. The van der Waals surface area contributed by atoms with Crippen LogP contribution in [0.5, 0.6) is 0 Å². The van der Waals surface area contributed by atoms with E-state index in [1.165, 1.54) is 0 Å². The second-order valence-electron chi connectivity index (χ2n) is 10.4. The van der Waals surface area contributed by atoms with E-state index >= 15 is 0 Å². The van der Waals surface area contributed by atoms with Gasteiger partial charge in [-0.25, -0.2) is 0 Å². The van der Waals surface area contributed by atoms with Crippen LogP contribution in [0.25, 0.3) is 0 Å². The smallest absolute Gasteiger partial charge is 0.310 e. The lowest BCUT2D eigenvalue weighted by Crippen LogP contribution is -2.60. The van der Waals surface area contributed by atoms with Crippen molar-refractivity contribution in [3.8, 4) is 0 Å². The van der Waals surface area contributed by atoms with Crippen molar-refractivity contribution in [2.24, 2.45) is 23.7 Å². The van der Waals surface area contributed by atoms with Crippen LogP contribution in [0.2, 0.25) is 0 Å². The van der Waals surface area contributed by atoms with Gasteiger partial charge in [0.15, 0.2) is 0 Å². The van der Waals surface area contributed by atoms with Crippen molar-refractivity contribution in [1.29, 1.82) is 0 Å². The van der Waals surface area contributed by atoms with Crippen molar-refractivity contribution >= 4 is 29.5 Å². The molecule has 0 saturated carbocycles. The number of amides is 2. The van der Waals surface area contributed by atoms with Crippen LogP contribution < -0.4 is 0 Å². The summed E-state index contributed by atoms with van der Waals surface area (Å²) < 4.78 is 4.82. The average Bonchev–Trinajstić information content (AvgIpc) is 3.36. The number of hydrogen-bond donors (Lipinski definition) is 1. The third-order valence-electron chi connectivity index (χ3n) is 7.80. The van der Waals surface area contributed by atoms with Crippen molar-refractivity contribution in [3.63, 3.8) is 0 Å². The lowest BCUT2D eigenvalue weighted by atomic mass is 9.66. The standard InChI is InChI=1S/C26H40N2O5S/c1-8-10-12-33-25(32)20-19-13-17(7)26(34-19)21(20)23(30)28(18(14-29)15(3)4)22(26)24(31)27(11-9-2)16(5)6/h8-9,15-22,29H,1-2,10-14H2,3-7H3/t17?,18-,19-,20+,21-,22?,26?/m0/s1. The quantitative estimate of drug-likeness (QED) is 0.271. The molecule has 7 atom stereocenters. The molecule has 3 unspecified atom stereocenters. The Balaban J connectivity index is 2.11.